The minimum Gasteiger partial charge on any atom is -0.376 e. The Morgan fingerprint density at radius 3 is 2.58 bits per heavy atom. The smallest absolute Gasteiger partial charge is 0.376 e. The highest BCUT2D eigenvalue weighted by Crippen LogP contribution is 2.37. The van der Waals surface area contributed by atoms with E-state index in [1.807, 2.05) is 0 Å². The Balaban J connectivity index is 1.69. The number of amides is 2. The summed E-state index contributed by atoms with van der Waals surface area (Å²) in [7, 11) is 0. The van der Waals surface area contributed by atoms with Crippen LogP contribution >= 0.6 is 0 Å². The number of carbonyl (C=O) groups excluding carboxylic acids is 2. The van der Waals surface area contributed by atoms with Crippen LogP contribution in [-0.4, -0.2) is 37.2 Å². The van der Waals surface area contributed by atoms with Crippen molar-refractivity contribution in [1.29, 1.82) is 0 Å². The Kier molecular flexibility index (Phi) is 8.04. The lowest BCUT2D eigenvalue weighted by Gasteiger charge is -2.24. The van der Waals surface area contributed by atoms with E-state index in [9.17, 15) is 27.2 Å². The number of nitrogens with one attached hydrogen (secondary N) is 2. The summed E-state index contributed by atoms with van der Waals surface area (Å²) in [5.74, 6) is -2.45. The average molecular weight is 468 g/mol. The number of alkyl halides is 3. The van der Waals surface area contributed by atoms with Gasteiger partial charge in [-0.15, -0.1) is 0 Å². The van der Waals surface area contributed by atoms with Gasteiger partial charge in [0.1, 0.15) is 11.9 Å². The van der Waals surface area contributed by atoms with Gasteiger partial charge in [0, 0.05) is 12.3 Å². The molecule has 0 saturated carbocycles. The summed E-state index contributed by atoms with van der Waals surface area (Å²) < 4.78 is 65.6. The highest BCUT2D eigenvalue weighted by molar-refractivity contribution is 6.04. The summed E-state index contributed by atoms with van der Waals surface area (Å²) in [5, 5.41) is 4.47. The first-order valence-electron chi connectivity index (χ1n) is 10.5. The molecule has 10 heteroatoms. The van der Waals surface area contributed by atoms with Crippen LogP contribution in [0.3, 0.4) is 0 Å². The van der Waals surface area contributed by atoms with Crippen LogP contribution in [0.5, 0.6) is 0 Å². The molecule has 0 spiro atoms. The zero-order valence-corrected chi connectivity index (χ0v) is 17.9. The first-order valence-corrected chi connectivity index (χ1v) is 10.5. The standard InChI is InChI=1S/C23H24F4N2O4/c1-14(33-13-16-6-4-5-11-32-16)21(30)29-20-10-9-15(12-18(20)23(25,26)27)28-22(31)17-7-2-3-8-19(17)24/h2-3,7-10,12,14,16H,4-6,11,13H2,1H3,(H,28,31)(H,29,30). The lowest BCUT2D eigenvalue weighted by Crippen LogP contribution is -2.33. The molecular formula is C23H24F4N2O4. The SMILES string of the molecule is CC(OCC1CCCCO1)C(=O)Nc1ccc(NC(=O)c2ccccc2F)cc1C(F)(F)F. The molecule has 1 heterocycles. The van der Waals surface area contributed by atoms with Crippen LogP contribution in [0, 0.1) is 5.82 Å². The molecule has 178 valence electrons. The number of benzene rings is 2. The highest BCUT2D eigenvalue weighted by Gasteiger charge is 2.35. The fourth-order valence-corrected chi connectivity index (χ4v) is 3.31. The van der Waals surface area contributed by atoms with Crippen molar-refractivity contribution in [3.8, 4) is 0 Å². The van der Waals surface area contributed by atoms with E-state index >= 15 is 0 Å². The van der Waals surface area contributed by atoms with E-state index in [0.29, 0.717) is 12.7 Å². The molecule has 2 aromatic carbocycles. The summed E-state index contributed by atoms with van der Waals surface area (Å²) in [6, 6.07) is 7.98. The van der Waals surface area contributed by atoms with Crippen LogP contribution in [-0.2, 0) is 20.4 Å². The van der Waals surface area contributed by atoms with Crippen molar-refractivity contribution in [2.45, 2.75) is 44.6 Å². The maximum absolute atomic E-state index is 13.8. The molecule has 2 atom stereocenters. The van der Waals surface area contributed by atoms with Crippen LogP contribution in [0.25, 0.3) is 0 Å². The highest BCUT2D eigenvalue weighted by atomic mass is 19.4. The van der Waals surface area contributed by atoms with Gasteiger partial charge in [0.15, 0.2) is 0 Å². The molecule has 2 N–H and O–H groups in total. The van der Waals surface area contributed by atoms with Crippen LogP contribution in [0.2, 0.25) is 0 Å². The van der Waals surface area contributed by atoms with Crippen molar-refractivity contribution in [3.63, 3.8) is 0 Å². The molecule has 3 rings (SSSR count). The summed E-state index contributed by atoms with van der Waals surface area (Å²) >= 11 is 0. The lowest BCUT2D eigenvalue weighted by atomic mass is 10.1. The zero-order valence-electron chi connectivity index (χ0n) is 17.9. The third-order valence-electron chi connectivity index (χ3n) is 5.13. The molecule has 0 radical (unpaired) electrons. The van der Waals surface area contributed by atoms with Gasteiger partial charge in [0.05, 0.1) is 29.5 Å². The zero-order chi connectivity index (χ0) is 24.0. The maximum atomic E-state index is 13.8. The molecule has 1 fully saturated rings. The topological polar surface area (TPSA) is 76.7 Å². The predicted octanol–water partition coefficient (Wildman–Crippen LogP) is 5.01. The third kappa shape index (κ3) is 6.75. The molecule has 2 aromatic rings. The Labute approximate surface area is 188 Å². The Morgan fingerprint density at radius 2 is 1.91 bits per heavy atom. The Morgan fingerprint density at radius 1 is 1.15 bits per heavy atom. The van der Waals surface area contributed by atoms with Crippen molar-refractivity contribution in [3.05, 3.63) is 59.4 Å². The summed E-state index contributed by atoms with van der Waals surface area (Å²) in [4.78, 5) is 24.6. The molecule has 33 heavy (non-hydrogen) atoms. The van der Waals surface area contributed by atoms with Gasteiger partial charge in [-0.2, -0.15) is 13.2 Å². The van der Waals surface area contributed by atoms with Gasteiger partial charge >= 0.3 is 6.18 Å². The Bertz CT molecular complexity index is 991. The molecule has 1 saturated heterocycles. The van der Waals surface area contributed by atoms with Crippen molar-refractivity contribution in [2.24, 2.45) is 0 Å². The van der Waals surface area contributed by atoms with E-state index in [1.54, 1.807) is 0 Å². The van der Waals surface area contributed by atoms with Crippen molar-refractivity contribution < 1.29 is 36.6 Å². The first-order chi connectivity index (χ1) is 15.6. The van der Waals surface area contributed by atoms with Gasteiger partial charge in [-0.25, -0.2) is 4.39 Å². The number of hydrogen-bond donors (Lipinski definition) is 2. The van der Waals surface area contributed by atoms with Crippen LogP contribution in [0.4, 0.5) is 28.9 Å². The maximum Gasteiger partial charge on any atom is 0.418 e. The van der Waals surface area contributed by atoms with Gasteiger partial charge in [0.25, 0.3) is 11.8 Å². The van der Waals surface area contributed by atoms with Crippen LogP contribution < -0.4 is 10.6 Å². The number of rotatable bonds is 7. The van der Waals surface area contributed by atoms with Crippen molar-refractivity contribution in [2.75, 3.05) is 23.8 Å². The molecular weight excluding hydrogens is 444 g/mol. The Hall–Kier alpha value is -2.98. The third-order valence-corrected chi connectivity index (χ3v) is 5.13. The van der Waals surface area contributed by atoms with Crippen LogP contribution in [0.1, 0.15) is 42.1 Å². The van der Waals surface area contributed by atoms with E-state index in [0.717, 1.165) is 31.4 Å². The minimum atomic E-state index is -4.82. The number of ether oxygens (including phenoxy) is 2. The summed E-state index contributed by atoms with van der Waals surface area (Å²) in [5.41, 5.74) is -2.16. The second-order valence-electron chi connectivity index (χ2n) is 7.65. The second kappa shape index (κ2) is 10.8. The van der Waals surface area contributed by atoms with Crippen molar-refractivity contribution in [1.82, 2.24) is 0 Å². The monoisotopic (exact) mass is 468 g/mol. The van der Waals surface area contributed by atoms with E-state index < -0.39 is 41.2 Å². The second-order valence-corrected chi connectivity index (χ2v) is 7.65. The first kappa shape index (κ1) is 24.7. The molecule has 2 unspecified atom stereocenters. The number of hydrogen-bond acceptors (Lipinski definition) is 4. The molecule has 0 aromatic heterocycles. The van der Waals surface area contributed by atoms with E-state index in [1.165, 1.54) is 31.2 Å². The fourth-order valence-electron chi connectivity index (χ4n) is 3.31. The molecule has 1 aliphatic heterocycles. The number of carbonyl (C=O) groups is 2. The van der Waals surface area contributed by atoms with Gasteiger partial charge in [-0.05, 0) is 56.5 Å². The largest absolute Gasteiger partial charge is 0.418 e. The summed E-state index contributed by atoms with van der Waals surface area (Å²) in [6.45, 7) is 2.22. The van der Waals surface area contributed by atoms with E-state index in [-0.39, 0.29) is 24.0 Å². The summed E-state index contributed by atoms with van der Waals surface area (Å²) in [6.07, 6.45) is -3.21. The van der Waals surface area contributed by atoms with E-state index in [2.05, 4.69) is 10.6 Å². The molecule has 0 bridgehead atoms. The normalized spacial score (nSPS) is 17.3. The van der Waals surface area contributed by atoms with Gasteiger partial charge in [0.2, 0.25) is 0 Å². The van der Waals surface area contributed by atoms with Gasteiger partial charge < -0.3 is 20.1 Å². The molecule has 6 nitrogen and oxygen atoms in total. The quantitative estimate of drug-likeness (QED) is 0.560. The van der Waals surface area contributed by atoms with Crippen molar-refractivity contribution >= 4 is 23.2 Å². The predicted molar refractivity (Wildman–Crippen MR) is 113 cm³/mol. The lowest BCUT2D eigenvalue weighted by molar-refractivity contribution is -0.137. The van der Waals surface area contributed by atoms with E-state index in [4.69, 9.17) is 9.47 Å². The molecule has 0 aliphatic carbocycles. The molecule has 1 aliphatic rings. The van der Waals surface area contributed by atoms with Crippen LogP contribution in [0.15, 0.2) is 42.5 Å². The van der Waals surface area contributed by atoms with Gasteiger partial charge in [-0.3, -0.25) is 9.59 Å². The fraction of sp³-hybridized carbons (Fsp3) is 0.391. The minimum absolute atomic E-state index is 0.142. The number of halogens is 4. The number of anilines is 2. The average Bonchev–Trinajstić information content (AvgIpc) is 2.78. The molecule has 2 amide bonds. The van der Waals surface area contributed by atoms with Gasteiger partial charge in [-0.1, -0.05) is 12.1 Å².